The number of carbonyl (C=O) groups is 6. The van der Waals surface area contributed by atoms with Crippen LogP contribution in [-0.4, -0.2) is 106 Å². The maximum Gasteiger partial charge on any atom is 0.412 e. The lowest BCUT2D eigenvalue weighted by Gasteiger charge is -2.27. The van der Waals surface area contributed by atoms with Gasteiger partial charge in [-0.05, 0) is 0 Å². The van der Waals surface area contributed by atoms with Crippen molar-refractivity contribution in [2.75, 3.05) is 59.6 Å². The molecule has 3 N–H and O–H groups in total. The molecule has 0 aliphatic rings. The number of hydrogen-bond donors (Lipinski definition) is 2. The summed E-state index contributed by atoms with van der Waals surface area (Å²) in [5.74, 6) is -2.89. The highest BCUT2D eigenvalue weighted by molar-refractivity contribution is 5.73. The number of hydrogen-bond acceptors (Lipinski definition) is 13. The molecule has 0 spiro atoms. The molecule has 0 aromatic heterocycles. The molecule has 0 saturated heterocycles. The molecule has 16 heteroatoms. The lowest BCUT2D eigenvalue weighted by atomic mass is 10.2. The molecule has 0 aliphatic heterocycles. The number of nitrogens with two attached hydrogens (primary N) is 1. The van der Waals surface area contributed by atoms with E-state index in [0.29, 0.717) is 0 Å². The van der Waals surface area contributed by atoms with Crippen LogP contribution in [-0.2, 0) is 42.8 Å². The summed E-state index contributed by atoms with van der Waals surface area (Å²) < 4.78 is 29.1. The lowest BCUT2D eigenvalue weighted by Crippen LogP contribution is -2.46. The molecule has 0 radical (unpaired) electrons. The first-order valence-corrected chi connectivity index (χ1v) is 12.7. The molecule has 0 saturated carbocycles. The Bertz CT molecular complexity index is 835. The third kappa shape index (κ3) is 16.2. The predicted octanol–water partition coefficient (Wildman–Crippen LogP) is 1.02. The Morgan fingerprint density at radius 2 is 0.950 bits per heavy atom. The van der Waals surface area contributed by atoms with Crippen LogP contribution in [0, 0.1) is 17.8 Å². The van der Waals surface area contributed by atoms with Crippen molar-refractivity contribution in [3.63, 3.8) is 0 Å². The van der Waals surface area contributed by atoms with Gasteiger partial charge in [-0.2, -0.15) is 0 Å². The highest BCUT2D eigenvalue weighted by Gasteiger charge is 2.21. The fourth-order valence-corrected chi connectivity index (χ4v) is 2.43. The van der Waals surface area contributed by atoms with E-state index < -0.39 is 74.3 Å². The Kier molecular flexibility index (Phi) is 18.2. The van der Waals surface area contributed by atoms with Crippen LogP contribution in [0.25, 0.3) is 0 Å². The SMILES string of the molecule is CC(C)C(=O)OCOC(=O)NCCN(CCN(CCN)C(=O)OCOC(=O)C(C)C)C(=O)OCOC(=O)C(C)C. The van der Waals surface area contributed by atoms with Gasteiger partial charge in [-0.1, -0.05) is 41.5 Å². The van der Waals surface area contributed by atoms with Gasteiger partial charge in [-0.25, -0.2) is 14.4 Å². The van der Waals surface area contributed by atoms with Crippen molar-refractivity contribution in [1.82, 2.24) is 15.1 Å². The van der Waals surface area contributed by atoms with Gasteiger partial charge in [0.1, 0.15) is 0 Å². The van der Waals surface area contributed by atoms with E-state index in [-0.39, 0.29) is 39.3 Å². The molecular formula is C24H42N4O12. The standard InChI is InChI=1S/C24H42N4O12/c1-16(2)19(29)35-13-38-22(32)26-8-10-28(24(34)40-15-37-21(31)18(5)6)12-11-27(9-7-25)23(33)39-14-36-20(30)17(3)4/h16-18H,7-15,25H2,1-6H3,(H,26,32). The Morgan fingerprint density at radius 1 is 0.575 bits per heavy atom. The number of nitrogens with one attached hydrogen (secondary N) is 1. The van der Waals surface area contributed by atoms with Crippen molar-refractivity contribution < 1.29 is 57.2 Å². The monoisotopic (exact) mass is 578 g/mol. The van der Waals surface area contributed by atoms with Gasteiger partial charge in [0.2, 0.25) is 20.4 Å². The zero-order valence-electron chi connectivity index (χ0n) is 24.0. The number of amides is 3. The van der Waals surface area contributed by atoms with Crippen LogP contribution in [0.15, 0.2) is 0 Å². The van der Waals surface area contributed by atoms with Gasteiger partial charge >= 0.3 is 36.2 Å². The van der Waals surface area contributed by atoms with Crippen LogP contribution in [0.2, 0.25) is 0 Å². The predicted molar refractivity (Wildman–Crippen MR) is 137 cm³/mol. The normalized spacial score (nSPS) is 10.6. The third-order valence-corrected chi connectivity index (χ3v) is 4.78. The first kappa shape index (κ1) is 36.2. The van der Waals surface area contributed by atoms with E-state index in [2.05, 4.69) is 5.32 Å². The van der Waals surface area contributed by atoms with Gasteiger partial charge in [0.15, 0.2) is 0 Å². The minimum absolute atomic E-state index is 0.0610. The van der Waals surface area contributed by atoms with Gasteiger partial charge < -0.3 is 49.3 Å². The van der Waals surface area contributed by atoms with Crippen molar-refractivity contribution in [3.8, 4) is 0 Å². The summed E-state index contributed by atoms with van der Waals surface area (Å²) in [6.45, 7) is 7.66. The van der Waals surface area contributed by atoms with Crippen molar-refractivity contribution in [2.45, 2.75) is 41.5 Å². The zero-order valence-corrected chi connectivity index (χ0v) is 24.0. The highest BCUT2D eigenvalue weighted by Crippen LogP contribution is 2.03. The van der Waals surface area contributed by atoms with Crippen LogP contribution in [0.3, 0.4) is 0 Å². The number of carbonyl (C=O) groups excluding carboxylic acids is 6. The summed E-state index contributed by atoms with van der Waals surface area (Å²) in [5.41, 5.74) is 5.58. The first-order chi connectivity index (χ1) is 18.8. The molecule has 0 rings (SSSR count). The molecule has 0 fully saturated rings. The van der Waals surface area contributed by atoms with Crippen molar-refractivity contribution in [2.24, 2.45) is 23.5 Å². The quantitative estimate of drug-likeness (QED) is 0.141. The summed E-state index contributed by atoms with van der Waals surface area (Å²) in [4.78, 5) is 73.8. The summed E-state index contributed by atoms with van der Waals surface area (Å²) >= 11 is 0. The average molecular weight is 579 g/mol. The second kappa shape index (κ2) is 20.1. The molecular weight excluding hydrogens is 536 g/mol. The number of alkyl carbamates (subject to hydrolysis) is 1. The summed E-state index contributed by atoms with van der Waals surface area (Å²) in [6.07, 6.45) is -2.64. The molecule has 0 aliphatic carbocycles. The van der Waals surface area contributed by atoms with E-state index in [4.69, 9.17) is 34.2 Å². The van der Waals surface area contributed by atoms with Gasteiger partial charge in [-0.15, -0.1) is 0 Å². The van der Waals surface area contributed by atoms with Crippen LogP contribution in [0.5, 0.6) is 0 Å². The molecule has 230 valence electrons. The third-order valence-electron chi connectivity index (χ3n) is 4.78. The molecule has 16 nitrogen and oxygen atoms in total. The van der Waals surface area contributed by atoms with E-state index in [1.54, 1.807) is 41.5 Å². The number of rotatable bonds is 17. The van der Waals surface area contributed by atoms with Crippen LogP contribution < -0.4 is 11.1 Å². The van der Waals surface area contributed by atoms with E-state index in [1.165, 1.54) is 4.90 Å². The van der Waals surface area contributed by atoms with Gasteiger partial charge in [0.05, 0.1) is 17.8 Å². The molecule has 0 unspecified atom stereocenters. The Labute approximate surface area is 233 Å². The average Bonchev–Trinajstić information content (AvgIpc) is 2.88. The molecule has 3 amide bonds. The highest BCUT2D eigenvalue weighted by atomic mass is 16.7. The van der Waals surface area contributed by atoms with E-state index in [0.717, 1.165) is 4.90 Å². The van der Waals surface area contributed by atoms with Crippen molar-refractivity contribution >= 4 is 36.2 Å². The minimum atomic E-state index is -0.903. The number of esters is 3. The van der Waals surface area contributed by atoms with Crippen LogP contribution in [0.1, 0.15) is 41.5 Å². The van der Waals surface area contributed by atoms with Crippen LogP contribution in [0.4, 0.5) is 14.4 Å². The fourth-order valence-electron chi connectivity index (χ4n) is 2.43. The van der Waals surface area contributed by atoms with E-state index >= 15 is 0 Å². The van der Waals surface area contributed by atoms with Gasteiger partial charge in [0, 0.05) is 39.3 Å². The smallest absolute Gasteiger partial charge is 0.412 e. The topological polar surface area (TPSA) is 202 Å². The molecule has 0 aromatic carbocycles. The maximum atomic E-state index is 12.6. The molecule has 0 atom stereocenters. The Hall–Kier alpha value is -3.82. The molecule has 0 bridgehead atoms. The van der Waals surface area contributed by atoms with E-state index in [1.807, 2.05) is 0 Å². The summed E-state index contributed by atoms with van der Waals surface area (Å²) in [5, 5.41) is 2.38. The maximum absolute atomic E-state index is 12.6. The fraction of sp³-hybridized carbons (Fsp3) is 0.750. The Balaban J connectivity index is 5.03. The van der Waals surface area contributed by atoms with Crippen molar-refractivity contribution in [3.05, 3.63) is 0 Å². The van der Waals surface area contributed by atoms with Crippen molar-refractivity contribution in [1.29, 1.82) is 0 Å². The Morgan fingerprint density at radius 3 is 1.32 bits per heavy atom. The molecule has 0 aromatic rings. The molecule has 40 heavy (non-hydrogen) atoms. The van der Waals surface area contributed by atoms with Gasteiger partial charge in [0.25, 0.3) is 0 Å². The minimum Gasteiger partial charge on any atom is -0.428 e. The van der Waals surface area contributed by atoms with Gasteiger partial charge in [-0.3, -0.25) is 14.4 Å². The number of ether oxygens (including phenoxy) is 6. The second-order valence-corrected chi connectivity index (χ2v) is 9.15. The molecule has 0 heterocycles. The zero-order chi connectivity index (χ0) is 30.7. The van der Waals surface area contributed by atoms with E-state index in [9.17, 15) is 28.8 Å². The summed E-state index contributed by atoms with van der Waals surface area (Å²) in [7, 11) is 0. The van der Waals surface area contributed by atoms with Crippen LogP contribution >= 0.6 is 0 Å². The number of nitrogens with zero attached hydrogens (tertiary/aromatic N) is 2. The first-order valence-electron chi connectivity index (χ1n) is 12.7. The lowest BCUT2D eigenvalue weighted by molar-refractivity contribution is -0.157. The second-order valence-electron chi connectivity index (χ2n) is 9.15. The largest absolute Gasteiger partial charge is 0.428 e. The summed E-state index contributed by atoms with van der Waals surface area (Å²) in [6, 6.07) is 0.